The van der Waals surface area contributed by atoms with E-state index < -0.39 is 0 Å². The van der Waals surface area contributed by atoms with Crippen molar-refractivity contribution in [3.8, 4) is 11.1 Å². The Labute approximate surface area is 199 Å². The van der Waals surface area contributed by atoms with Gasteiger partial charge in [0, 0.05) is 31.1 Å². The molecule has 2 aromatic heterocycles. The van der Waals surface area contributed by atoms with E-state index in [0.29, 0.717) is 0 Å². The fourth-order valence-corrected chi connectivity index (χ4v) is 5.12. The van der Waals surface area contributed by atoms with E-state index in [0.717, 1.165) is 35.0 Å². The van der Waals surface area contributed by atoms with Gasteiger partial charge in [-0.1, -0.05) is 60.2 Å². The minimum absolute atomic E-state index is 0.821. The zero-order valence-electron chi connectivity index (χ0n) is 19.3. The van der Waals surface area contributed by atoms with Gasteiger partial charge in [0.15, 0.2) is 0 Å². The van der Waals surface area contributed by atoms with E-state index in [-0.39, 0.29) is 0 Å². The zero-order chi connectivity index (χ0) is 22.8. The second-order valence-corrected chi connectivity index (χ2v) is 9.61. The molecular weight excluding hydrogens is 424 g/mol. The highest BCUT2D eigenvalue weighted by Crippen LogP contribution is 2.28. The third-order valence-electron chi connectivity index (χ3n) is 6.04. The summed E-state index contributed by atoms with van der Waals surface area (Å²) in [5.74, 6) is 2.97. The van der Waals surface area contributed by atoms with Crippen LogP contribution in [-0.2, 0) is 25.1 Å². The Morgan fingerprint density at radius 3 is 2.52 bits per heavy atom. The summed E-state index contributed by atoms with van der Waals surface area (Å²) in [5.41, 5.74) is 9.80. The number of hydrogen-bond acceptors (Lipinski definition) is 3. The van der Waals surface area contributed by atoms with Crippen LogP contribution in [0.5, 0.6) is 0 Å². The first kappa shape index (κ1) is 21.5. The van der Waals surface area contributed by atoms with Gasteiger partial charge < -0.3 is 4.57 Å². The predicted octanol–water partition coefficient (Wildman–Crippen LogP) is 6.54. The van der Waals surface area contributed by atoms with Crippen LogP contribution in [-0.4, -0.2) is 19.3 Å². The van der Waals surface area contributed by atoms with E-state index in [4.69, 9.17) is 4.98 Å². The number of fused-ring (bicyclic) bond motifs is 1. The minimum atomic E-state index is 0.821. The quantitative estimate of drug-likeness (QED) is 0.281. The summed E-state index contributed by atoms with van der Waals surface area (Å²) in [5, 5.41) is 4.35. The predicted molar refractivity (Wildman–Crippen MR) is 138 cm³/mol. The van der Waals surface area contributed by atoms with Gasteiger partial charge in [0.2, 0.25) is 0 Å². The third kappa shape index (κ3) is 4.74. The van der Waals surface area contributed by atoms with Crippen molar-refractivity contribution in [2.45, 2.75) is 31.9 Å². The van der Waals surface area contributed by atoms with Crippen LogP contribution in [0.2, 0.25) is 0 Å². The molecule has 4 nitrogen and oxygen atoms in total. The molecule has 5 rings (SSSR count). The Morgan fingerprint density at radius 1 is 0.879 bits per heavy atom. The molecule has 0 radical (unpaired) electrons. The van der Waals surface area contributed by atoms with Crippen LogP contribution in [0, 0.1) is 13.8 Å². The van der Waals surface area contributed by atoms with Crippen molar-refractivity contribution in [3.63, 3.8) is 0 Å². The summed E-state index contributed by atoms with van der Waals surface area (Å²) in [6.45, 7) is 5.17. The molecule has 0 N–H and O–H groups in total. The Bertz CT molecular complexity index is 1400. The number of thioether (sulfide) groups is 1. The molecule has 166 valence electrons. The van der Waals surface area contributed by atoms with Crippen LogP contribution in [0.15, 0.2) is 79.1 Å². The fraction of sp³-hybridized carbons (Fsp3) is 0.214. The first-order valence-corrected chi connectivity index (χ1v) is 12.4. The third-order valence-corrected chi connectivity index (χ3v) is 7.04. The smallest absolute Gasteiger partial charge is 0.120 e. The standard InChI is InChI=1S/C28H28N4S/c1-20-9-10-21(2)24(13-20)17-32-27-14-23(25-15-29-31(3)16-25)11-12-26(27)30-28(32)19-33-18-22-7-5-4-6-8-22/h4-16H,17-19H2,1-3H3. The number of nitrogens with zero attached hydrogens (tertiary/aromatic N) is 4. The highest BCUT2D eigenvalue weighted by molar-refractivity contribution is 7.97. The first-order valence-electron chi connectivity index (χ1n) is 11.2. The molecule has 0 spiro atoms. The van der Waals surface area contributed by atoms with Gasteiger partial charge in [-0.05, 0) is 48.2 Å². The number of imidazole rings is 1. The molecule has 0 fully saturated rings. The van der Waals surface area contributed by atoms with Gasteiger partial charge in [0.05, 0.1) is 23.0 Å². The van der Waals surface area contributed by atoms with Gasteiger partial charge in [0.25, 0.3) is 0 Å². The normalized spacial score (nSPS) is 11.4. The molecule has 3 aromatic carbocycles. The summed E-state index contributed by atoms with van der Waals surface area (Å²) < 4.78 is 4.24. The average Bonchev–Trinajstić information content (AvgIpc) is 3.40. The molecule has 0 aliphatic rings. The summed E-state index contributed by atoms with van der Waals surface area (Å²) >= 11 is 1.91. The monoisotopic (exact) mass is 452 g/mol. The van der Waals surface area contributed by atoms with Gasteiger partial charge in [-0.25, -0.2) is 4.98 Å². The maximum Gasteiger partial charge on any atom is 0.120 e. The maximum atomic E-state index is 5.05. The number of aryl methyl sites for hydroxylation is 3. The molecule has 0 aliphatic carbocycles. The van der Waals surface area contributed by atoms with Crippen LogP contribution in [0.25, 0.3) is 22.2 Å². The van der Waals surface area contributed by atoms with E-state index in [1.165, 1.54) is 33.3 Å². The van der Waals surface area contributed by atoms with Crippen molar-refractivity contribution in [1.82, 2.24) is 19.3 Å². The zero-order valence-corrected chi connectivity index (χ0v) is 20.1. The van der Waals surface area contributed by atoms with Crippen molar-refractivity contribution < 1.29 is 0 Å². The largest absolute Gasteiger partial charge is 0.323 e. The van der Waals surface area contributed by atoms with E-state index in [1.54, 1.807) is 0 Å². The Balaban J connectivity index is 1.52. The highest BCUT2D eigenvalue weighted by atomic mass is 32.2. The average molecular weight is 453 g/mol. The van der Waals surface area contributed by atoms with Crippen LogP contribution < -0.4 is 0 Å². The summed E-state index contributed by atoms with van der Waals surface area (Å²) in [4.78, 5) is 5.05. The molecular formula is C28H28N4S. The van der Waals surface area contributed by atoms with Gasteiger partial charge >= 0.3 is 0 Å². The van der Waals surface area contributed by atoms with Crippen LogP contribution >= 0.6 is 11.8 Å². The Kier molecular flexibility index (Phi) is 6.05. The topological polar surface area (TPSA) is 35.6 Å². The van der Waals surface area contributed by atoms with Crippen LogP contribution in [0.3, 0.4) is 0 Å². The van der Waals surface area contributed by atoms with E-state index in [1.807, 2.05) is 29.7 Å². The van der Waals surface area contributed by atoms with Crippen LogP contribution in [0.1, 0.15) is 28.1 Å². The van der Waals surface area contributed by atoms with Gasteiger partial charge in [-0.15, -0.1) is 11.8 Å². The summed E-state index contributed by atoms with van der Waals surface area (Å²) in [6.07, 6.45) is 3.98. The van der Waals surface area contributed by atoms with Crippen molar-refractivity contribution >= 4 is 22.8 Å². The Morgan fingerprint density at radius 2 is 1.73 bits per heavy atom. The lowest BCUT2D eigenvalue weighted by atomic mass is 10.1. The summed E-state index contributed by atoms with van der Waals surface area (Å²) in [7, 11) is 1.95. The number of rotatable bonds is 7. The minimum Gasteiger partial charge on any atom is -0.323 e. The maximum absolute atomic E-state index is 5.05. The van der Waals surface area contributed by atoms with Gasteiger partial charge in [-0.3, -0.25) is 4.68 Å². The number of hydrogen-bond donors (Lipinski definition) is 0. The van der Waals surface area contributed by atoms with Crippen molar-refractivity contribution in [1.29, 1.82) is 0 Å². The highest BCUT2D eigenvalue weighted by Gasteiger charge is 2.14. The second kappa shape index (κ2) is 9.28. The van der Waals surface area contributed by atoms with Crippen molar-refractivity contribution in [2.24, 2.45) is 7.05 Å². The fourth-order valence-electron chi connectivity index (χ4n) is 4.18. The number of aromatic nitrogens is 4. The molecule has 0 bridgehead atoms. The molecule has 5 heteroatoms. The number of benzene rings is 3. The molecule has 5 aromatic rings. The van der Waals surface area contributed by atoms with Crippen LogP contribution in [0.4, 0.5) is 0 Å². The van der Waals surface area contributed by atoms with Crippen molar-refractivity contribution in [3.05, 3.63) is 107 Å². The molecule has 2 heterocycles. The SMILES string of the molecule is Cc1ccc(C)c(Cn2c(CSCc3ccccc3)nc3ccc(-c4cnn(C)c4)cc32)c1. The second-order valence-electron chi connectivity index (χ2n) is 8.63. The van der Waals surface area contributed by atoms with E-state index in [9.17, 15) is 0 Å². The van der Waals surface area contributed by atoms with Crippen molar-refractivity contribution in [2.75, 3.05) is 0 Å². The summed E-state index contributed by atoms with van der Waals surface area (Å²) in [6, 6.07) is 23.9. The molecule has 0 aliphatic heterocycles. The van der Waals surface area contributed by atoms with Gasteiger partial charge in [-0.2, -0.15) is 5.10 Å². The lowest BCUT2D eigenvalue weighted by molar-refractivity contribution is 0.768. The lowest BCUT2D eigenvalue weighted by Gasteiger charge is -2.13. The molecule has 0 atom stereocenters. The molecule has 0 saturated heterocycles. The molecule has 33 heavy (non-hydrogen) atoms. The molecule has 0 unspecified atom stereocenters. The molecule has 0 saturated carbocycles. The lowest BCUT2D eigenvalue weighted by Crippen LogP contribution is -2.06. The Hall–Kier alpha value is -3.31. The first-order chi connectivity index (χ1) is 16.1. The van der Waals surface area contributed by atoms with E-state index >= 15 is 0 Å². The van der Waals surface area contributed by atoms with E-state index in [2.05, 4.69) is 96.4 Å². The van der Waals surface area contributed by atoms with Gasteiger partial charge in [0.1, 0.15) is 5.82 Å². The molecule has 0 amide bonds.